The van der Waals surface area contributed by atoms with Crippen molar-refractivity contribution in [2.75, 3.05) is 5.32 Å². The minimum absolute atomic E-state index is 0.0125. The normalized spacial score (nSPS) is 29.7. The van der Waals surface area contributed by atoms with Crippen LogP contribution in [-0.2, 0) is 14.4 Å². The van der Waals surface area contributed by atoms with Crippen LogP contribution in [0.3, 0.4) is 0 Å². The maximum atomic E-state index is 12.7. The van der Waals surface area contributed by atoms with Crippen molar-refractivity contribution in [3.05, 3.63) is 40.9 Å². The average molecular weight is 401 g/mol. The van der Waals surface area contributed by atoms with Gasteiger partial charge >= 0.3 is 0 Å². The second-order valence-electron chi connectivity index (χ2n) is 8.16. The second kappa shape index (κ2) is 7.70. The largest absolute Gasteiger partial charge is 0.326 e. The van der Waals surface area contributed by atoms with Crippen LogP contribution in [0.2, 0.25) is 5.02 Å². The molecule has 3 aliphatic rings. The fourth-order valence-corrected chi connectivity index (χ4v) is 4.88. The molecule has 1 saturated heterocycles. The van der Waals surface area contributed by atoms with Crippen molar-refractivity contribution >= 4 is 35.0 Å². The molecule has 28 heavy (non-hydrogen) atoms. The van der Waals surface area contributed by atoms with Crippen LogP contribution in [0.5, 0.6) is 0 Å². The van der Waals surface area contributed by atoms with Crippen LogP contribution >= 0.6 is 11.6 Å². The quantitative estimate of drug-likeness (QED) is 0.613. The van der Waals surface area contributed by atoms with Gasteiger partial charge in [0.2, 0.25) is 17.7 Å². The number of rotatable bonds is 3. The van der Waals surface area contributed by atoms with E-state index in [1.54, 1.807) is 6.07 Å². The van der Waals surface area contributed by atoms with Crippen LogP contribution in [-0.4, -0.2) is 28.7 Å². The van der Waals surface area contributed by atoms with E-state index >= 15 is 0 Å². The van der Waals surface area contributed by atoms with Crippen molar-refractivity contribution in [3.63, 3.8) is 0 Å². The Morgan fingerprint density at radius 1 is 1.04 bits per heavy atom. The van der Waals surface area contributed by atoms with Crippen molar-refractivity contribution < 1.29 is 14.4 Å². The molecule has 0 bridgehead atoms. The summed E-state index contributed by atoms with van der Waals surface area (Å²) in [5.41, 5.74) is 1.67. The molecular formula is C22H25ClN2O3. The van der Waals surface area contributed by atoms with Crippen LogP contribution in [0, 0.1) is 24.7 Å². The summed E-state index contributed by atoms with van der Waals surface area (Å²) in [7, 11) is 0. The van der Waals surface area contributed by atoms with E-state index in [1.165, 1.54) is 4.90 Å². The van der Waals surface area contributed by atoms with Gasteiger partial charge < -0.3 is 5.32 Å². The number of imide groups is 1. The molecule has 1 aromatic rings. The third-order valence-corrected chi connectivity index (χ3v) is 6.82. The number of nitrogens with zero attached hydrogens (tertiary/aromatic N) is 1. The molecule has 2 aliphatic carbocycles. The van der Waals surface area contributed by atoms with E-state index in [-0.39, 0.29) is 41.5 Å². The Labute approximate surface area is 170 Å². The predicted molar refractivity (Wildman–Crippen MR) is 108 cm³/mol. The zero-order chi connectivity index (χ0) is 19.8. The highest BCUT2D eigenvalue weighted by atomic mass is 35.5. The van der Waals surface area contributed by atoms with Gasteiger partial charge in [-0.1, -0.05) is 29.8 Å². The minimum Gasteiger partial charge on any atom is -0.326 e. The fraction of sp³-hybridized carbons (Fsp3) is 0.500. The SMILES string of the molecule is Cc1ccc(NC(=O)C2CCC(N3C(=O)C4CC=CCC4C3=O)CC2)cc1Cl. The molecule has 0 aromatic heterocycles. The van der Waals surface area contributed by atoms with Crippen molar-refractivity contribution in [3.8, 4) is 0 Å². The maximum absolute atomic E-state index is 12.7. The van der Waals surface area contributed by atoms with Crippen LogP contribution < -0.4 is 5.32 Å². The molecule has 148 valence electrons. The first-order valence-electron chi connectivity index (χ1n) is 10.0. The third kappa shape index (κ3) is 3.48. The standard InChI is InChI=1S/C22H25ClN2O3/c1-13-6-9-15(12-19(13)23)24-20(26)14-7-10-16(11-8-14)25-21(27)17-4-2-3-5-18(17)22(25)28/h2-3,6,9,12,14,16-18H,4-5,7-8,10-11H2,1H3,(H,24,26). The number of carbonyl (C=O) groups is 3. The highest BCUT2D eigenvalue weighted by Crippen LogP contribution is 2.39. The summed E-state index contributed by atoms with van der Waals surface area (Å²) in [6, 6.07) is 5.43. The summed E-state index contributed by atoms with van der Waals surface area (Å²) in [6.07, 6.45) is 8.10. The number of benzene rings is 1. The Balaban J connectivity index is 1.35. The number of aryl methyl sites for hydroxylation is 1. The molecule has 5 nitrogen and oxygen atoms in total. The van der Waals surface area contributed by atoms with Crippen LogP contribution in [0.1, 0.15) is 44.1 Å². The zero-order valence-electron chi connectivity index (χ0n) is 16.0. The first-order valence-corrected chi connectivity index (χ1v) is 10.4. The monoisotopic (exact) mass is 400 g/mol. The molecule has 2 fully saturated rings. The number of amides is 3. The number of hydrogen-bond donors (Lipinski definition) is 1. The first kappa shape index (κ1) is 19.2. The average Bonchev–Trinajstić information content (AvgIpc) is 2.96. The van der Waals surface area contributed by atoms with Crippen LogP contribution in [0.25, 0.3) is 0 Å². The van der Waals surface area contributed by atoms with Crippen molar-refractivity contribution in [2.45, 2.75) is 51.5 Å². The molecule has 4 rings (SSSR count). The maximum Gasteiger partial charge on any atom is 0.233 e. The van der Waals surface area contributed by atoms with E-state index < -0.39 is 0 Å². The van der Waals surface area contributed by atoms with E-state index in [2.05, 4.69) is 5.32 Å². The number of fused-ring (bicyclic) bond motifs is 1. The zero-order valence-corrected chi connectivity index (χ0v) is 16.7. The Hall–Kier alpha value is -2.14. The lowest BCUT2D eigenvalue weighted by Gasteiger charge is -2.33. The topological polar surface area (TPSA) is 66.5 Å². The lowest BCUT2D eigenvalue weighted by molar-refractivity contribution is -0.143. The Morgan fingerprint density at radius 2 is 1.64 bits per heavy atom. The van der Waals surface area contributed by atoms with Gasteiger partial charge in [0.25, 0.3) is 0 Å². The van der Waals surface area contributed by atoms with Crippen molar-refractivity contribution in [1.82, 2.24) is 4.90 Å². The molecule has 1 aliphatic heterocycles. The van der Waals surface area contributed by atoms with Gasteiger partial charge in [-0.25, -0.2) is 0 Å². The molecule has 1 heterocycles. The lowest BCUT2D eigenvalue weighted by atomic mass is 9.84. The van der Waals surface area contributed by atoms with Crippen LogP contribution in [0.4, 0.5) is 5.69 Å². The van der Waals surface area contributed by atoms with Gasteiger partial charge in [-0.2, -0.15) is 0 Å². The Bertz CT molecular complexity index is 816. The van der Waals surface area contributed by atoms with Gasteiger partial charge in [0.05, 0.1) is 11.8 Å². The van der Waals surface area contributed by atoms with E-state index in [9.17, 15) is 14.4 Å². The molecular weight excluding hydrogens is 376 g/mol. The summed E-state index contributed by atoms with van der Waals surface area (Å²) in [6.45, 7) is 1.92. The lowest BCUT2D eigenvalue weighted by Crippen LogP contribution is -2.43. The molecule has 2 atom stereocenters. The van der Waals surface area contributed by atoms with Crippen molar-refractivity contribution in [1.29, 1.82) is 0 Å². The summed E-state index contributed by atoms with van der Waals surface area (Å²) in [5, 5.41) is 3.57. The van der Waals surface area contributed by atoms with E-state index in [0.29, 0.717) is 49.2 Å². The molecule has 1 aromatic carbocycles. The first-order chi connectivity index (χ1) is 13.5. The van der Waals surface area contributed by atoms with Gasteiger partial charge in [-0.15, -0.1) is 0 Å². The summed E-state index contributed by atoms with van der Waals surface area (Å²) < 4.78 is 0. The molecule has 0 radical (unpaired) electrons. The number of anilines is 1. The van der Waals surface area contributed by atoms with E-state index in [1.807, 2.05) is 31.2 Å². The number of hydrogen-bond acceptors (Lipinski definition) is 3. The number of likely N-dealkylation sites (tertiary alicyclic amines) is 1. The van der Waals surface area contributed by atoms with Gasteiger partial charge in [-0.05, 0) is 63.1 Å². The third-order valence-electron chi connectivity index (χ3n) is 6.41. The minimum atomic E-state index is -0.176. The molecule has 2 unspecified atom stereocenters. The molecule has 0 spiro atoms. The smallest absolute Gasteiger partial charge is 0.233 e. The number of nitrogens with one attached hydrogen (secondary N) is 1. The Morgan fingerprint density at radius 3 is 2.21 bits per heavy atom. The summed E-state index contributed by atoms with van der Waals surface area (Å²) in [4.78, 5) is 39.6. The number of allylic oxidation sites excluding steroid dienone is 2. The summed E-state index contributed by atoms with van der Waals surface area (Å²) in [5.74, 6) is -0.499. The Kier molecular flexibility index (Phi) is 5.28. The highest BCUT2D eigenvalue weighted by molar-refractivity contribution is 6.31. The predicted octanol–water partition coefficient (Wildman–Crippen LogP) is 4.10. The second-order valence-corrected chi connectivity index (χ2v) is 8.57. The molecule has 1 N–H and O–H groups in total. The van der Waals surface area contributed by atoms with Gasteiger partial charge in [0.1, 0.15) is 0 Å². The van der Waals surface area contributed by atoms with E-state index in [0.717, 1.165) is 5.56 Å². The van der Waals surface area contributed by atoms with Gasteiger partial charge in [0.15, 0.2) is 0 Å². The van der Waals surface area contributed by atoms with Gasteiger partial charge in [0, 0.05) is 22.7 Å². The summed E-state index contributed by atoms with van der Waals surface area (Å²) >= 11 is 6.13. The molecule has 6 heteroatoms. The van der Waals surface area contributed by atoms with E-state index in [4.69, 9.17) is 11.6 Å². The molecule has 1 saturated carbocycles. The number of carbonyl (C=O) groups excluding carboxylic acids is 3. The van der Waals surface area contributed by atoms with Crippen molar-refractivity contribution in [2.24, 2.45) is 17.8 Å². The van der Waals surface area contributed by atoms with Crippen LogP contribution in [0.15, 0.2) is 30.4 Å². The van der Waals surface area contributed by atoms with Gasteiger partial charge in [-0.3, -0.25) is 19.3 Å². The fourth-order valence-electron chi connectivity index (χ4n) is 4.70. The molecule has 3 amide bonds. The highest BCUT2D eigenvalue weighted by Gasteiger charge is 2.50. The number of halogens is 1.